The summed E-state index contributed by atoms with van der Waals surface area (Å²) in [4.78, 5) is 34.7. The van der Waals surface area contributed by atoms with Crippen LogP contribution in [0.25, 0.3) is 22.6 Å². The fourth-order valence-electron chi connectivity index (χ4n) is 2.98. The van der Waals surface area contributed by atoms with Crippen molar-refractivity contribution in [3.63, 3.8) is 0 Å². The number of rotatable bonds is 7. The van der Waals surface area contributed by atoms with Crippen LogP contribution in [0.1, 0.15) is 25.0 Å². The number of aromatic amines is 1. The number of nitrogens with zero attached hydrogens (tertiary/aromatic N) is 2. The minimum atomic E-state index is -4.67. The smallest absolute Gasteiger partial charge is 0.422 e. The molecule has 0 aliphatic heterocycles. The highest BCUT2D eigenvalue weighted by atomic mass is 19.4. The number of halogens is 6. The number of nitrogens with one attached hydrogen (secondary N) is 2. The summed E-state index contributed by atoms with van der Waals surface area (Å²) in [6.07, 6.45) is -8.04. The Morgan fingerprint density at radius 1 is 1.08 bits per heavy atom. The van der Waals surface area contributed by atoms with Gasteiger partial charge in [-0.25, -0.2) is 9.97 Å². The van der Waals surface area contributed by atoms with Crippen LogP contribution in [0, 0.1) is 5.92 Å². The summed E-state index contributed by atoms with van der Waals surface area (Å²) in [5.74, 6) is -1.30. The highest BCUT2D eigenvalue weighted by molar-refractivity contribution is 5.77. The van der Waals surface area contributed by atoms with Gasteiger partial charge >= 0.3 is 12.4 Å². The van der Waals surface area contributed by atoms with Gasteiger partial charge in [0.2, 0.25) is 11.8 Å². The van der Waals surface area contributed by atoms with Crippen molar-refractivity contribution in [2.45, 2.75) is 32.7 Å². The minimum absolute atomic E-state index is 0.0145. The molecule has 2 aromatic heterocycles. The molecule has 1 aromatic carbocycles. The monoisotopic (exact) mass is 514 g/mol. The van der Waals surface area contributed by atoms with Crippen LogP contribution in [-0.2, 0) is 17.5 Å². The highest BCUT2D eigenvalue weighted by Gasteiger charge is 2.31. The summed E-state index contributed by atoms with van der Waals surface area (Å²) in [5.41, 5.74) is -1.21. The number of ether oxygens (including phenoxy) is 1. The summed E-state index contributed by atoms with van der Waals surface area (Å²) in [6, 6.07) is 6.23. The van der Waals surface area contributed by atoms with E-state index in [2.05, 4.69) is 20.3 Å². The first-order valence-electron chi connectivity index (χ1n) is 10.5. The maximum absolute atomic E-state index is 12.9. The molecule has 3 rings (SSSR count). The van der Waals surface area contributed by atoms with Crippen LogP contribution in [0.5, 0.6) is 5.88 Å². The lowest BCUT2D eigenvalue weighted by atomic mass is 10.1. The second-order valence-electron chi connectivity index (χ2n) is 8.03. The summed E-state index contributed by atoms with van der Waals surface area (Å²) in [6.45, 7) is 1.67. The normalized spacial score (nSPS) is 12.0. The third-order valence-corrected chi connectivity index (χ3v) is 4.78. The summed E-state index contributed by atoms with van der Waals surface area (Å²) < 4.78 is 81.7. The Bertz CT molecular complexity index is 1280. The number of H-pyrrole nitrogens is 1. The second-order valence-corrected chi connectivity index (χ2v) is 8.03. The Morgan fingerprint density at radius 2 is 1.75 bits per heavy atom. The van der Waals surface area contributed by atoms with Gasteiger partial charge in [-0.1, -0.05) is 26.0 Å². The number of hydrogen-bond acceptors (Lipinski definition) is 5. The van der Waals surface area contributed by atoms with Gasteiger partial charge in [-0.3, -0.25) is 9.59 Å². The van der Waals surface area contributed by atoms with E-state index < -0.39 is 36.0 Å². The Balaban J connectivity index is 2.03. The van der Waals surface area contributed by atoms with E-state index in [0.717, 1.165) is 30.3 Å². The molecule has 0 saturated carbocycles. The molecule has 0 aliphatic rings. The molecule has 0 aliphatic carbocycles. The lowest BCUT2D eigenvalue weighted by Crippen LogP contribution is -2.27. The molecule has 36 heavy (non-hydrogen) atoms. The standard InChI is InChI=1S/C23H20F6N4O3/c1-12(2)20(35)30-9-13-7-16(21(31-10-13)36-11-22(24,25)26)19-32-17(8-18(34)33-19)14-3-5-15(6-4-14)23(27,28)29/h3-8,10,12H,9,11H2,1-2H3,(H,30,35)(H,32,33,34). The predicted molar refractivity (Wildman–Crippen MR) is 117 cm³/mol. The fraction of sp³-hybridized carbons (Fsp3) is 0.304. The van der Waals surface area contributed by atoms with Crippen LogP contribution in [0.4, 0.5) is 26.3 Å². The number of aromatic nitrogens is 3. The number of alkyl halides is 6. The van der Waals surface area contributed by atoms with Gasteiger partial charge in [0.25, 0.3) is 5.56 Å². The minimum Gasteiger partial charge on any atom is -0.467 e. The van der Waals surface area contributed by atoms with Crippen molar-refractivity contribution in [1.29, 1.82) is 0 Å². The Morgan fingerprint density at radius 3 is 2.33 bits per heavy atom. The van der Waals surface area contributed by atoms with Gasteiger partial charge in [0.15, 0.2) is 6.61 Å². The Kier molecular flexibility index (Phi) is 7.70. The van der Waals surface area contributed by atoms with Gasteiger partial charge in [-0.15, -0.1) is 0 Å². The lowest BCUT2D eigenvalue weighted by Gasteiger charge is -2.14. The van der Waals surface area contributed by atoms with E-state index in [0.29, 0.717) is 5.56 Å². The van der Waals surface area contributed by atoms with E-state index in [1.54, 1.807) is 13.8 Å². The van der Waals surface area contributed by atoms with Crippen LogP contribution in [0.15, 0.2) is 47.4 Å². The summed E-state index contributed by atoms with van der Waals surface area (Å²) in [5, 5.41) is 2.63. The maximum atomic E-state index is 12.9. The van der Waals surface area contributed by atoms with Crippen molar-refractivity contribution < 1.29 is 35.9 Å². The second kappa shape index (κ2) is 10.4. The Labute approximate surface area is 200 Å². The average molecular weight is 514 g/mol. The molecule has 0 fully saturated rings. The SMILES string of the molecule is CC(C)C(=O)NCc1cnc(OCC(F)(F)F)c(-c2nc(-c3ccc(C(F)(F)F)cc3)cc(=O)[nH]2)c1. The van der Waals surface area contributed by atoms with E-state index >= 15 is 0 Å². The van der Waals surface area contributed by atoms with E-state index in [1.165, 1.54) is 12.3 Å². The Hall–Kier alpha value is -3.90. The van der Waals surface area contributed by atoms with Gasteiger partial charge in [-0.05, 0) is 23.8 Å². The quantitative estimate of drug-likeness (QED) is 0.445. The molecule has 0 saturated heterocycles. The molecule has 192 valence electrons. The number of carbonyl (C=O) groups excluding carboxylic acids is 1. The number of amides is 1. The topological polar surface area (TPSA) is 97.0 Å². The summed E-state index contributed by atoms with van der Waals surface area (Å²) in [7, 11) is 0. The van der Waals surface area contributed by atoms with Crippen LogP contribution in [0.3, 0.4) is 0 Å². The third kappa shape index (κ3) is 7.06. The molecule has 0 radical (unpaired) electrons. The number of hydrogen-bond donors (Lipinski definition) is 2. The van der Waals surface area contributed by atoms with Crippen LogP contribution < -0.4 is 15.6 Å². The molecular formula is C23H20F6N4O3. The molecule has 3 aromatic rings. The van der Waals surface area contributed by atoms with Crippen molar-refractivity contribution in [3.8, 4) is 28.5 Å². The average Bonchev–Trinajstić information content (AvgIpc) is 2.80. The zero-order valence-electron chi connectivity index (χ0n) is 18.9. The predicted octanol–water partition coefficient (Wildman–Crippen LogP) is 4.73. The van der Waals surface area contributed by atoms with Crippen molar-refractivity contribution in [3.05, 3.63) is 64.1 Å². The number of carbonyl (C=O) groups is 1. The summed E-state index contributed by atoms with van der Waals surface area (Å²) >= 11 is 0. The maximum Gasteiger partial charge on any atom is 0.422 e. The lowest BCUT2D eigenvalue weighted by molar-refractivity contribution is -0.154. The molecule has 2 N–H and O–H groups in total. The van der Waals surface area contributed by atoms with Crippen molar-refractivity contribution >= 4 is 5.91 Å². The first kappa shape index (κ1) is 26.7. The van der Waals surface area contributed by atoms with Gasteiger partial charge in [0.1, 0.15) is 5.82 Å². The van der Waals surface area contributed by atoms with Crippen molar-refractivity contribution in [2.24, 2.45) is 5.92 Å². The molecule has 13 heteroatoms. The molecule has 0 unspecified atom stereocenters. The third-order valence-electron chi connectivity index (χ3n) is 4.78. The zero-order chi connectivity index (χ0) is 26.7. The van der Waals surface area contributed by atoms with E-state index in [-0.39, 0.29) is 41.0 Å². The molecular weight excluding hydrogens is 494 g/mol. The molecule has 0 spiro atoms. The highest BCUT2D eigenvalue weighted by Crippen LogP contribution is 2.32. The molecule has 1 amide bonds. The number of benzene rings is 1. The van der Waals surface area contributed by atoms with Gasteiger partial charge < -0.3 is 15.0 Å². The first-order valence-corrected chi connectivity index (χ1v) is 10.5. The van der Waals surface area contributed by atoms with Gasteiger partial charge in [0.05, 0.1) is 16.8 Å². The zero-order valence-corrected chi connectivity index (χ0v) is 18.9. The van der Waals surface area contributed by atoms with E-state index in [4.69, 9.17) is 4.74 Å². The number of pyridine rings is 1. The van der Waals surface area contributed by atoms with Crippen LogP contribution in [-0.4, -0.2) is 33.6 Å². The van der Waals surface area contributed by atoms with Crippen molar-refractivity contribution in [2.75, 3.05) is 6.61 Å². The van der Waals surface area contributed by atoms with Crippen LogP contribution in [0.2, 0.25) is 0 Å². The van der Waals surface area contributed by atoms with Gasteiger partial charge in [0, 0.05) is 30.3 Å². The van der Waals surface area contributed by atoms with Crippen molar-refractivity contribution in [1.82, 2.24) is 20.3 Å². The van der Waals surface area contributed by atoms with E-state index in [9.17, 15) is 35.9 Å². The fourth-order valence-corrected chi connectivity index (χ4v) is 2.98. The molecule has 0 atom stereocenters. The van der Waals surface area contributed by atoms with Crippen LogP contribution >= 0.6 is 0 Å². The molecule has 7 nitrogen and oxygen atoms in total. The first-order chi connectivity index (χ1) is 16.7. The van der Waals surface area contributed by atoms with Gasteiger partial charge in [-0.2, -0.15) is 26.3 Å². The molecule has 0 bridgehead atoms. The molecule has 2 heterocycles. The van der Waals surface area contributed by atoms with E-state index in [1.807, 2.05) is 0 Å². The largest absolute Gasteiger partial charge is 0.467 e.